The number of rotatable bonds is 3. The third-order valence-electron chi connectivity index (χ3n) is 3.73. The van der Waals surface area contributed by atoms with E-state index in [1.54, 1.807) is 0 Å². The first-order chi connectivity index (χ1) is 10.5. The summed E-state index contributed by atoms with van der Waals surface area (Å²) in [5.41, 5.74) is 1.95. The molecule has 0 saturated heterocycles. The van der Waals surface area contributed by atoms with E-state index in [-0.39, 0.29) is 11.9 Å². The predicted molar refractivity (Wildman–Crippen MR) is 87.8 cm³/mol. The molecule has 116 valence electrons. The number of amides is 1. The monoisotopic (exact) mass is 316 g/mol. The molecule has 1 aromatic heterocycles. The maximum Gasteiger partial charge on any atom is 0.263 e. The Kier molecular flexibility index (Phi) is 4.16. The summed E-state index contributed by atoms with van der Waals surface area (Å²) in [6.45, 7) is 6.58. The summed E-state index contributed by atoms with van der Waals surface area (Å²) < 4.78 is 5.72. The van der Waals surface area contributed by atoms with E-state index in [4.69, 9.17) is 4.74 Å². The van der Waals surface area contributed by atoms with Gasteiger partial charge in [-0.3, -0.25) is 4.79 Å². The Morgan fingerprint density at radius 3 is 2.91 bits per heavy atom. The Hall–Kier alpha value is -1.88. The quantitative estimate of drug-likeness (QED) is 0.945. The van der Waals surface area contributed by atoms with Crippen molar-refractivity contribution >= 4 is 17.2 Å². The number of carbonyl (C=O) groups is 1. The van der Waals surface area contributed by atoms with Gasteiger partial charge in [0, 0.05) is 5.92 Å². The van der Waals surface area contributed by atoms with E-state index in [0.29, 0.717) is 17.4 Å². The highest BCUT2D eigenvalue weighted by Gasteiger charge is 2.24. The average Bonchev–Trinajstić information content (AvgIpc) is 2.89. The van der Waals surface area contributed by atoms with Crippen molar-refractivity contribution in [3.05, 3.63) is 45.4 Å². The first-order valence-electron chi connectivity index (χ1n) is 7.53. The second-order valence-corrected chi connectivity index (χ2v) is 6.95. The highest BCUT2D eigenvalue weighted by Crippen LogP contribution is 2.26. The number of para-hydroxylation sites is 1. The molecule has 1 atom stereocenters. The van der Waals surface area contributed by atoms with E-state index in [9.17, 15) is 4.79 Å². The number of hydrogen-bond donors (Lipinski definition) is 1. The van der Waals surface area contributed by atoms with Gasteiger partial charge in [-0.05, 0) is 25.0 Å². The van der Waals surface area contributed by atoms with Crippen LogP contribution in [0.25, 0.3) is 0 Å². The van der Waals surface area contributed by atoms with Gasteiger partial charge in [0.05, 0.1) is 16.7 Å². The number of benzene rings is 1. The molecular weight excluding hydrogens is 296 g/mol. The van der Waals surface area contributed by atoms with Gasteiger partial charge < -0.3 is 10.1 Å². The highest BCUT2D eigenvalue weighted by molar-refractivity contribution is 7.13. The van der Waals surface area contributed by atoms with Gasteiger partial charge in [0.2, 0.25) is 0 Å². The van der Waals surface area contributed by atoms with Crippen LogP contribution < -0.4 is 10.1 Å². The van der Waals surface area contributed by atoms with Crippen LogP contribution in [-0.2, 0) is 6.42 Å². The smallest absolute Gasteiger partial charge is 0.263 e. The Labute approximate surface area is 134 Å². The van der Waals surface area contributed by atoms with Gasteiger partial charge in [-0.1, -0.05) is 32.0 Å². The van der Waals surface area contributed by atoms with Gasteiger partial charge in [0.1, 0.15) is 17.2 Å². The lowest BCUT2D eigenvalue weighted by Gasteiger charge is -2.25. The summed E-state index contributed by atoms with van der Waals surface area (Å²) in [6, 6.07) is 7.98. The fraction of sp³-hybridized carbons (Fsp3) is 0.412. The van der Waals surface area contributed by atoms with Crippen LogP contribution >= 0.6 is 11.3 Å². The van der Waals surface area contributed by atoms with Crippen molar-refractivity contribution in [2.75, 3.05) is 6.61 Å². The summed E-state index contributed by atoms with van der Waals surface area (Å²) in [4.78, 5) is 17.7. The molecule has 0 spiro atoms. The molecule has 0 radical (unpaired) electrons. The first-order valence-corrected chi connectivity index (χ1v) is 8.35. The third kappa shape index (κ3) is 2.99. The van der Waals surface area contributed by atoms with E-state index in [1.807, 2.05) is 31.2 Å². The van der Waals surface area contributed by atoms with Crippen LogP contribution in [0, 0.1) is 6.92 Å². The molecule has 0 unspecified atom stereocenters. The average molecular weight is 316 g/mol. The molecule has 1 aromatic carbocycles. The van der Waals surface area contributed by atoms with Crippen LogP contribution in [0.15, 0.2) is 24.3 Å². The van der Waals surface area contributed by atoms with Gasteiger partial charge in [-0.2, -0.15) is 0 Å². The third-order valence-corrected chi connectivity index (χ3v) is 5.18. The maximum atomic E-state index is 12.5. The minimum absolute atomic E-state index is 0.00593. The van der Waals surface area contributed by atoms with Crippen LogP contribution in [0.5, 0.6) is 5.75 Å². The molecule has 1 N–H and O–H groups in total. The summed E-state index contributed by atoms with van der Waals surface area (Å²) in [6.07, 6.45) is 0.802. The summed E-state index contributed by atoms with van der Waals surface area (Å²) >= 11 is 1.49. The Bertz CT molecular complexity index is 694. The number of nitrogens with one attached hydrogen (secondary N) is 1. The molecule has 0 fully saturated rings. The second-order valence-electron chi connectivity index (χ2n) is 5.91. The van der Waals surface area contributed by atoms with Crippen molar-refractivity contribution in [1.29, 1.82) is 0 Å². The van der Waals surface area contributed by atoms with Crippen molar-refractivity contribution < 1.29 is 9.53 Å². The van der Waals surface area contributed by atoms with Crippen LogP contribution in [0.4, 0.5) is 0 Å². The van der Waals surface area contributed by atoms with E-state index in [1.165, 1.54) is 11.3 Å². The lowest BCUT2D eigenvalue weighted by molar-refractivity contribution is 0.0918. The van der Waals surface area contributed by atoms with Crippen LogP contribution in [-0.4, -0.2) is 23.5 Å². The molecule has 22 heavy (non-hydrogen) atoms. The van der Waals surface area contributed by atoms with Crippen LogP contribution in [0.1, 0.15) is 45.7 Å². The number of aromatic nitrogens is 1. The summed E-state index contributed by atoms with van der Waals surface area (Å²) in [7, 11) is 0. The van der Waals surface area contributed by atoms with Crippen molar-refractivity contribution in [2.45, 2.75) is 39.2 Å². The Morgan fingerprint density at radius 2 is 2.18 bits per heavy atom. The molecule has 0 bridgehead atoms. The minimum atomic E-state index is -0.0464. The molecular formula is C17H20N2O2S. The van der Waals surface area contributed by atoms with E-state index < -0.39 is 0 Å². The van der Waals surface area contributed by atoms with E-state index in [2.05, 4.69) is 24.1 Å². The maximum absolute atomic E-state index is 12.5. The Morgan fingerprint density at radius 1 is 1.41 bits per heavy atom. The highest BCUT2D eigenvalue weighted by atomic mass is 32.1. The molecule has 0 aliphatic carbocycles. The topological polar surface area (TPSA) is 51.2 Å². The largest absolute Gasteiger partial charge is 0.491 e. The Balaban J connectivity index is 1.70. The van der Waals surface area contributed by atoms with E-state index >= 15 is 0 Å². The number of hydrogen-bond acceptors (Lipinski definition) is 4. The van der Waals surface area contributed by atoms with Crippen molar-refractivity contribution in [3.8, 4) is 5.75 Å². The zero-order valence-corrected chi connectivity index (χ0v) is 13.9. The molecule has 2 heterocycles. The number of aryl methyl sites for hydroxylation is 1. The van der Waals surface area contributed by atoms with E-state index in [0.717, 1.165) is 28.4 Å². The second kappa shape index (κ2) is 6.08. The van der Waals surface area contributed by atoms with Gasteiger partial charge in [0.25, 0.3) is 5.91 Å². The van der Waals surface area contributed by atoms with Gasteiger partial charge in [-0.25, -0.2) is 4.98 Å². The zero-order chi connectivity index (χ0) is 15.7. The van der Waals surface area contributed by atoms with Crippen molar-refractivity contribution in [1.82, 2.24) is 10.3 Å². The van der Waals surface area contributed by atoms with Crippen LogP contribution in [0.2, 0.25) is 0 Å². The minimum Gasteiger partial charge on any atom is -0.491 e. The molecule has 5 heteroatoms. The number of thiazole rings is 1. The number of ether oxygens (including phenoxy) is 1. The normalized spacial score (nSPS) is 17.0. The standard InChI is InChI=1S/C17H20N2O2S/c1-10(2)17-18-11(3)15(22-17)16(20)19-13-8-12-6-4-5-7-14(12)21-9-13/h4-7,10,13H,8-9H2,1-3H3,(H,19,20)/t13-/m1/s1. The lowest BCUT2D eigenvalue weighted by atomic mass is 10.0. The number of carbonyl (C=O) groups excluding carboxylic acids is 1. The molecule has 4 nitrogen and oxygen atoms in total. The number of nitrogens with zero attached hydrogens (tertiary/aromatic N) is 1. The molecule has 1 aliphatic heterocycles. The molecule has 3 rings (SSSR count). The molecule has 1 amide bonds. The van der Waals surface area contributed by atoms with Gasteiger partial charge in [-0.15, -0.1) is 11.3 Å². The fourth-order valence-corrected chi connectivity index (χ4v) is 3.52. The summed E-state index contributed by atoms with van der Waals surface area (Å²) in [5, 5.41) is 4.08. The molecule has 0 saturated carbocycles. The van der Waals surface area contributed by atoms with Crippen molar-refractivity contribution in [3.63, 3.8) is 0 Å². The fourth-order valence-electron chi connectivity index (χ4n) is 2.55. The predicted octanol–water partition coefficient (Wildman–Crippen LogP) is 3.31. The number of fused-ring (bicyclic) bond motifs is 1. The van der Waals surface area contributed by atoms with Gasteiger partial charge >= 0.3 is 0 Å². The molecule has 1 aliphatic rings. The van der Waals surface area contributed by atoms with Crippen molar-refractivity contribution in [2.24, 2.45) is 0 Å². The first kappa shape index (κ1) is 15.0. The summed E-state index contributed by atoms with van der Waals surface area (Å²) in [5.74, 6) is 1.22. The molecule has 2 aromatic rings. The van der Waals surface area contributed by atoms with Gasteiger partial charge in [0.15, 0.2) is 0 Å². The van der Waals surface area contributed by atoms with Crippen LogP contribution in [0.3, 0.4) is 0 Å². The zero-order valence-electron chi connectivity index (χ0n) is 13.1. The SMILES string of the molecule is Cc1nc(C(C)C)sc1C(=O)N[C@H]1COc2ccccc2C1. The lowest BCUT2D eigenvalue weighted by Crippen LogP contribution is -2.42.